The van der Waals surface area contributed by atoms with Gasteiger partial charge in [0.1, 0.15) is 0 Å². The van der Waals surface area contributed by atoms with Crippen LogP contribution < -0.4 is 5.32 Å². The molecule has 0 saturated carbocycles. The predicted molar refractivity (Wildman–Crippen MR) is 112 cm³/mol. The van der Waals surface area contributed by atoms with E-state index in [9.17, 15) is 18.0 Å². The molecule has 0 spiro atoms. The van der Waals surface area contributed by atoms with E-state index in [0.717, 1.165) is 18.4 Å². The first-order chi connectivity index (χ1) is 13.8. The Labute approximate surface area is 173 Å². The summed E-state index contributed by atoms with van der Waals surface area (Å²) < 4.78 is 31.4. The van der Waals surface area contributed by atoms with Crippen LogP contribution in [-0.4, -0.2) is 50.3 Å². The van der Waals surface area contributed by atoms with Crippen molar-refractivity contribution in [2.45, 2.75) is 45.6 Å². The Morgan fingerprint density at radius 2 is 1.90 bits per heavy atom. The summed E-state index contributed by atoms with van der Waals surface area (Å²) in [4.78, 5) is 24.0. The van der Waals surface area contributed by atoms with Crippen LogP contribution in [0.2, 0.25) is 0 Å². The molecule has 1 aromatic rings. The summed E-state index contributed by atoms with van der Waals surface area (Å²) in [5.74, 6) is -1.15. The molecule has 2 rings (SSSR count). The van der Waals surface area contributed by atoms with Crippen molar-refractivity contribution in [3.05, 3.63) is 41.3 Å². The molecule has 0 bridgehead atoms. The third-order valence-corrected chi connectivity index (χ3v) is 6.42. The van der Waals surface area contributed by atoms with Gasteiger partial charge in [-0.1, -0.05) is 43.7 Å². The number of ether oxygens (including phenoxy) is 1. The molecule has 0 aromatic heterocycles. The number of sulfonamides is 1. The Morgan fingerprint density at radius 1 is 1.24 bits per heavy atom. The van der Waals surface area contributed by atoms with Crippen LogP contribution in [0.15, 0.2) is 35.7 Å². The van der Waals surface area contributed by atoms with Crippen molar-refractivity contribution in [3.8, 4) is 0 Å². The van der Waals surface area contributed by atoms with E-state index in [0.29, 0.717) is 12.8 Å². The van der Waals surface area contributed by atoms with Crippen molar-refractivity contribution in [2.75, 3.05) is 19.7 Å². The van der Waals surface area contributed by atoms with Crippen LogP contribution in [-0.2, 0) is 24.3 Å². The van der Waals surface area contributed by atoms with Gasteiger partial charge in [0.2, 0.25) is 10.0 Å². The lowest BCUT2D eigenvalue weighted by molar-refractivity contribution is -0.153. The van der Waals surface area contributed by atoms with Gasteiger partial charge in [-0.25, -0.2) is 8.42 Å². The van der Waals surface area contributed by atoms with Crippen molar-refractivity contribution in [1.29, 1.82) is 0 Å². The lowest BCUT2D eigenvalue weighted by Crippen LogP contribution is -2.41. The van der Waals surface area contributed by atoms with Crippen molar-refractivity contribution in [2.24, 2.45) is 5.92 Å². The van der Waals surface area contributed by atoms with Crippen LogP contribution in [0, 0.1) is 5.92 Å². The summed E-state index contributed by atoms with van der Waals surface area (Å²) >= 11 is 0. The van der Waals surface area contributed by atoms with E-state index in [1.165, 1.54) is 9.71 Å². The molecule has 1 atom stereocenters. The topological polar surface area (TPSA) is 92.8 Å². The number of hydrogen-bond donors (Lipinski definition) is 1. The third kappa shape index (κ3) is 7.62. The fraction of sp³-hybridized carbons (Fsp3) is 0.524. The molecule has 1 N–H and O–H groups in total. The SMILES string of the molecule is CCC[C@H](C)NC(=O)COC(=O)C1CCN(S(=O)(=O)/C=C/c2ccccc2)CC1. The fourth-order valence-electron chi connectivity index (χ4n) is 3.24. The Kier molecular flexibility index (Phi) is 8.85. The molecule has 1 aliphatic heterocycles. The van der Waals surface area contributed by atoms with Crippen LogP contribution >= 0.6 is 0 Å². The van der Waals surface area contributed by atoms with Crippen LogP contribution in [0.25, 0.3) is 6.08 Å². The maximum Gasteiger partial charge on any atom is 0.309 e. The third-order valence-electron chi connectivity index (χ3n) is 4.85. The Balaban J connectivity index is 1.78. The van der Waals surface area contributed by atoms with Crippen LogP contribution in [0.3, 0.4) is 0 Å². The quantitative estimate of drug-likeness (QED) is 0.618. The molecule has 8 heteroatoms. The van der Waals surface area contributed by atoms with Gasteiger partial charge in [0.15, 0.2) is 6.61 Å². The molecule has 0 radical (unpaired) electrons. The summed E-state index contributed by atoms with van der Waals surface area (Å²) in [7, 11) is -3.54. The molecule has 29 heavy (non-hydrogen) atoms. The number of benzene rings is 1. The number of rotatable bonds is 9. The lowest BCUT2D eigenvalue weighted by atomic mass is 9.98. The highest BCUT2D eigenvalue weighted by Crippen LogP contribution is 2.22. The van der Waals surface area contributed by atoms with Gasteiger partial charge < -0.3 is 10.1 Å². The maximum atomic E-state index is 12.5. The number of carbonyl (C=O) groups is 2. The summed E-state index contributed by atoms with van der Waals surface area (Å²) in [6.07, 6.45) is 4.15. The number of nitrogens with zero attached hydrogens (tertiary/aromatic N) is 1. The molecule has 1 heterocycles. The highest BCUT2D eigenvalue weighted by atomic mass is 32.2. The van der Waals surface area contributed by atoms with Gasteiger partial charge in [-0.05, 0) is 37.8 Å². The molecule has 1 aromatic carbocycles. The smallest absolute Gasteiger partial charge is 0.309 e. The van der Waals surface area contributed by atoms with E-state index >= 15 is 0 Å². The van der Waals surface area contributed by atoms with E-state index in [2.05, 4.69) is 5.32 Å². The van der Waals surface area contributed by atoms with Gasteiger partial charge in [0, 0.05) is 24.5 Å². The number of hydrogen-bond acceptors (Lipinski definition) is 5. The molecule has 1 fully saturated rings. The Hall–Kier alpha value is -2.19. The highest BCUT2D eigenvalue weighted by Gasteiger charge is 2.31. The minimum absolute atomic E-state index is 0.0450. The standard InChI is InChI=1S/C21H30N2O5S/c1-3-7-17(2)22-20(24)16-28-21(25)19-10-13-23(14-11-19)29(26,27)15-12-18-8-5-4-6-9-18/h4-6,8-9,12,15,17,19H,3,7,10-11,13-14,16H2,1-2H3,(H,22,24)/b15-12+/t17-/m0/s1. The largest absolute Gasteiger partial charge is 0.455 e. The van der Waals surface area contributed by atoms with Crippen molar-refractivity contribution in [3.63, 3.8) is 0 Å². The molecule has 0 aliphatic carbocycles. The van der Waals surface area contributed by atoms with E-state index in [1.807, 2.05) is 44.2 Å². The molecule has 1 amide bonds. The van der Waals surface area contributed by atoms with Gasteiger partial charge >= 0.3 is 5.97 Å². The van der Waals surface area contributed by atoms with Crippen LogP contribution in [0.5, 0.6) is 0 Å². The monoisotopic (exact) mass is 422 g/mol. The van der Waals surface area contributed by atoms with Gasteiger partial charge in [-0.2, -0.15) is 4.31 Å². The van der Waals surface area contributed by atoms with Gasteiger partial charge in [0.25, 0.3) is 5.91 Å². The molecular weight excluding hydrogens is 392 g/mol. The second-order valence-corrected chi connectivity index (χ2v) is 9.12. The number of carbonyl (C=O) groups excluding carboxylic acids is 2. The highest BCUT2D eigenvalue weighted by molar-refractivity contribution is 7.92. The zero-order chi connectivity index (χ0) is 21.3. The van der Waals surface area contributed by atoms with Crippen molar-refractivity contribution < 1.29 is 22.7 Å². The van der Waals surface area contributed by atoms with Crippen LogP contribution in [0.1, 0.15) is 45.1 Å². The van der Waals surface area contributed by atoms with Gasteiger partial charge in [-0.15, -0.1) is 0 Å². The molecule has 1 saturated heterocycles. The minimum Gasteiger partial charge on any atom is -0.455 e. The van der Waals surface area contributed by atoms with E-state index < -0.39 is 16.0 Å². The van der Waals surface area contributed by atoms with Gasteiger partial charge in [0.05, 0.1) is 5.92 Å². The van der Waals surface area contributed by atoms with E-state index in [1.54, 1.807) is 6.08 Å². The first-order valence-corrected chi connectivity index (χ1v) is 11.5. The van der Waals surface area contributed by atoms with E-state index in [-0.39, 0.29) is 37.6 Å². The molecule has 0 unspecified atom stereocenters. The zero-order valence-corrected chi connectivity index (χ0v) is 17.9. The van der Waals surface area contributed by atoms with E-state index in [4.69, 9.17) is 4.74 Å². The molecule has 7 nitrogen and oxygen atoms in total. The second kappa shape index (κ2) is 11.1. The normalized spacial score (nSPS) is 17.2. The number of piperidine rings is 1. The fourth-order valence-corrected chi connectivity index (χ4v) is 4.46. The number of esters is 1. The second-order valence-electron chi connectivity index (χ2n) is 7.30. The first-order valence-electron chi connectivity index (χ1n) is 10.0. The van der Waals surface area contributed by atoms with Gasteiger partial charge in [-0.3, -0.25) is 9.59 Å². The first kappa shape index (κ1) is 23.1. The molecular formula is C21H30N2O5S. The summed E-state index contributed by atoms with van der Waals surface area (Å²) in [6.45, 7) is 4.14. The zero-order valence-electron chi connectivity index (χ0n) is 17.0. The van der Waals surface area contributed by atoms with Crippen molar-refractivity contribution in [1.82, 2.24) is 9.62 Å². The number of amides is 1. The maximum absolute atomic E-state index is 12.5. The number of nitrogens with one attached hydrogen (secondary N) is 1. The van der Waals surface area contributed by atoms with Crippen molar-refractivity contribution >= 4 is 28.0 Å². The molecule has 1 aliphatic rings. The Morgan fingerprint density at radius 3 is 2.52 bits per heavy atom. The lowest BCUT2D eigenvalue weighted by Gasteiger charge is -2.29. The van der Waals surface area contributed by atoms with Crippen LogP contribution in [0.4, 0.5) is 0 Å². The summed E-state index contributed by atoms with van der Waals surface area (Å²) in [5, 5.41) is 3.98. The average molecular weight is 423 g/mol. The summed E-state index contributed by atoms with van der Waals surface area (Å²) in [5.41, 5.74) is 0.807. The Bertz CT molecular complexity index is 800. The molecule has 160 valence electrons. The average Bonchev–Trinajstić information content (AvgIpc) is 2.71. The predicted octanol–water partition coefficient (Wildman–Crippen LogP) is 2.55. The summed E-state index contributed by atoms with van der Waals surface area (Å²) in [6, 6.07) is 9.25. The minimum atomic E-state index is -3.54.